The van der Waals surface area contributed by atoms with Crippen molar-refractivity contribution < 1.29 is 24.2 Å². The Hall–Kier alpha value is -3.55. The average Bonchev–Trinajstić information content (AvgIpc) is 3.49. The Labute approximate surface area is 213 Å². The minimum Gasteiger partial charge on any atom is -0.508 e. The molecule has 0 heterocycles. The van der Waals surface area contributed by atoms with Crippen LogP contribution in [0.25, 0.3) is 0 Å². The van der Waals surface area contributed by atoms with Crippen LogP contribution in [0.2, 0.25) is 0 Å². The Kier molecular flexibility index (Phi) is 7.96. The molecule has 36 heavy (non-hydrogen) atoms. The number of alkyl carbamates (subject to hydrolysis) is 1. The lowest BCUT2D eigenvalue weighted by atomic mass is 9.99. The maximum Gasteiger partial charge on any atom is 0.408 e. The molecule has 0 aliphatic heterocycles. The van der Waals surface area contributed by atoms with Crippen molar-refractivity contribution >= 4 is 23.6 Å². The second-order valence-electron chi connectivity index (χ2n) is 10.6. The van der Waals surface area contributed by atoms with E-state index in [-0.39, 0.29) is 29.5 Å². The number of carbonyl (C=O) groups is 3. The van der Waals surface area contributed by atoms with Crippen molar-refractivity contribution in [2.75, 3.05) is 5.32 Å². The van der Waals surface area contributed by atoms with E-state index in [0.29, 0.717) is 16.8 Å². The third kappa shape index (κ3) is 6.56. The lowest BCUT2D eigenvalue weighted by molar-refractivity contribution is -0.141. The number of carbonyl (C=O) groups excluding carboxylic acids is 3. The van der Waals surface area contributed by atoms with Crippen LogP contribution < -0.4 is 10.6 Å². The summed E-state index contributed by atoms with van der Waals surface area (Å²) < 4.78 is 5.32. The van der Waals surface area contributed by atoms with E-state index in [1.165, 1.54) is 6.07 Å². The zero-order valence-corrected chi connectivity index (χ0v) is 22.1. The smallest absolute Gasteiger partial charge is 0.408 e. The van der Waals surface area contributed by atoms with Crippen molar-refractivity contribution in [2.45, 2.75) is 78.6 Å². The molecule has 0 bridgehead atoms. The molecule has 0 radical (unpaired) electrons. The van der Waals surface area contributed by atoms with Gasteiger partial charge < -0.3 is 25.4 Å². The Morgan fingerprint density at radius 2 is 1.72 bits per heavy atom. The predicted molar refractivity (Wildman–Crippen MR) is 139 cm³/mol. The van der Waals surface area contributed by atoms with E-state index in [1.807, 2.05) is 38.1 Å². The van der Waals surface area contributed by atoms with E-state index < -0.39 is 23.8 Å². The lowest BCUT2D eigenvalue weighted by Gasteiger charge is -2.34. The fourth-order valence-electron chi connectivity index (χ4n) is 4.14. The van der Waals surface area contributed by atoms with Gasteiger partial charge in [-0.2, -0.15) is 0 Å². The molecule has 1 aliphatic rings. The molecule has 2 aromatic carbocycles. The van der Waals surface area contributed by atoms with E-state index in [2.05, 4.69) is 10.6 Å². The first-order valence-corrected chi connectivity index (χ1v) is 12.3. The summed E-state index contributed by atoms with van der Waals surface area (Å²) in [5, 5.41) is 15.7. The van der Waals surface area contributed by atoms with Crippen molar-refractivity contribution in [1.29, 1.82) is 0 Å². The van der Waals surface area contributed by atoms with E-state index in [0.717, 1.165) is 12.0 Å². The number of benzene rings is 2. The number of hydrogen-bond acceptors (Lipinski definition) is 5. The molecule has 0 saturated heterocycles. The Bertz CT molecular complexity index is 1140. The molecule has 1 aliphatic carbocycles. The first-order valence-electron chi connectivity index (χ1n) is 12.3. The van der Waals surface area contributed by atoms with Crippen LogP contribution in [0.1, 0.15) is 63.8 Å². The molecule has 8 nitrogen and oxygen atoms in total. The second-order valence-corrected chi connectivity index (χ2v) is 10.6. The number of aryl methyl sites for hydroxylation is 2. The summed E-state index contributed by atoms with van der Waals surface area (Å²) in [6.45, 7) is 12.5. The number of nitrogens with one attached hydrogen (secondary N) is 2. The van der Waals surface area contributed by atoms with Crippen LogP contribution in [0.5, 0.6) is 5.75 Å². The number of phenolic OH excluding ortho intramolecular Hbond substituents is 1. The van der Waals surface area contributed by atoms with Gasteiger partial charge in [-0.1, -0.05) is 31.2 Å². The number of amides is 3. The molecule has 4 atom stereocenters. The van der Waals surface area contributed by atoms with E-state index in [1.54, 1.807) is 51.7 Å². The monoisotopic (exact) mass is 495 g/mol. The molecule has 194 valence electrons. The van der Waals surface area contributed by atoms with Gasteiger partial charge in [0.2, 0.25) is 5.91 Å². The van der Waals surface area contributed by atoms with Crippen molar-refractivity contribution in [3.05, 3.63) is 59.2 Å². The van der Waals surface area contributed by atoms with Gasteiger partial charge in [0.25, 0.3) is 5.91 Å². The first-order chi connectivity index (χ1) is 16.8. The molecule has 4 unspecified atom stereocenters. The molecule has 0 spiro atoms. The number of para-hydroxylation sites is 1. The highest BCUT2D eigenvalue weighted by molar-refractivity contribution is 5.99. The van der Waals surface area contributed by atoms with Crippen molar-refractivity contribution in [3.63, 3.8) is 0 Å². The van der Waals surface area contributed by atoms with Crippen LogP contribution >= 0.6 is 0 Å². The van der Waals surface area contributed by atoms with Gasteiger partial charge >= 0.3 is 6.09 Å². The highest BCUT2D eigenvalue weighted by atomic mass is 16.6. The number of nitrogens with zero attached hydrogens (tertiary/aromatic N) is 1. The van der Waals surface area contributed by atoms with E-state index in [9.17, 15) is 19.5 Å². The van der Waals surface area contributed by atoms with E-state index in [4.69, 9.17) is 4.74 Å². The number of rotatable bonds is 7. The summed E-state index contributed by atoms with van der Waals surface area (Å²) >= 11 is 0. The molecular weight excluding hydrogens is 458 g/mol. The highest BCUT2D eigenvalue weighted by Crippen LogP contribution is 2.41. The average molecular weight is 496 g/mol. The fourth-order valence-corrected chi connectivity index (χ4v) is 4.14. The Morgan fingerprint density at radius 3 is 2.28 bits per heavy atom. The van der Waals surface area contributed by atoms with Crippen LogP contribution in [0.15, 0.2) is 42.5 Å². The largest absolute Gasteiger partial charge is 0.508 e. The zero-order chi connectivity index (χ0) is 26.8. The number of ether oxygens (including phenoxy) is 1. The first kappa shape index (κ1) is 27.0. The number of hydrogen-bond donors (Lipinski definition) is 3. The fraction of sp³-hybridized carbons (Fsp3) is 0.464. The standard InChI is InChI=1S/C28H37N3O5/c1-16-10-8-9-11-21(16)30-25(33)24(20-12-13-23(32)18(3)14-20)31(22-15-17(22)2)26(34)19(4)29-27(35)36-28(5,6)7/h8-14,17,19,22,24,32H,15H2,1-7H3,(H,29,35)(H,30,33). The number of aromatic hydroxyl groups is 1. The van der Waals surface area contributed by atoms with Gasteiger partial charge in [-0.15, -0.1) is 0 Å². The topological polar surface area (TPSA) is 108 Å². The molecule has 3 amide bonds. The Morgan fingerprint density at radius 1 is 1.08 bits per heavy atom. The van der Waals surface area contributed by atoms with Gasteiger partial charge in [0, 0.05) is 11.7 Å². The van der Waals surface area contributed by atoms with Crippen molar-refractivity contribution in [3.8, 4) is 5.75 Å². The maximum absolute atomic E-state index is 13.8. The molecular formula is C28H37N3O5. The molecule has 3 rings (SSSR count). The molecule has 2 aromatic rings. The van der Waals surface area contributed by atoms with Gasteiger partial charge in [0.15, 0.2) is 0 Å². The minimum absolute atomic E-state index is 0.106. The van der Waals surface area contributed by atoms with Crippen molar-refractivity contribution in [1.82, 2.24) is 10.2 Å². The van der Waals surface area contributed by atoms with Crippen LogP contribution in [0.3, 0.4) is 0 Å². The van der Waals surface area contributed by atoms with Gasteiger partial charge in [-0.3, -0.25) is 9.59 Å². The van der Waals surface area contributed by atoms with Gasteiger partial charge in [-0.25, -0.2) is 4.79 Å². The zero-order valence-electron chi connectivity index (χ0n) is 22.1. The summed E-state index contributed by atoms with van der Waals surface area (Å²) in [6.07, 6.45) is 0.0457. The minimum atomic E-state index is -0.964. The van der Waals surface area contributed by atoms with Gasteiger partial charge in [0.05, 0.1) is 0 Å². The third-order valence-corrected chi connectivity index (χ3v) is 6.25. The second kappa shape index (κ2) is 10.6. The quantitative estimate of drug-likeness (QED) is 0.509. The molecule has 0 aromatic heterocycles. The van der Waals surface area contributed by atoms with Crippen LogP contribution in [-0.4, -0.2) is 45.6 Å². The molecule has 3 N–H and O–H groups in total. The molecule has 8 heteroatoms. The van der Waals surface area contributed by atoms with Crippen molar-refractivity contribution in [2.24, 2.45) is 5.92 Å². The van der Waals surface area contributed by atoms with Crippen LogP contribution in [-0.2, 0) is 14.3 Å². The van der Waals surface area contributed by atoms with Crippen LogP contribution in [0.4, 0.5) is 10.5 Å². The summed E-state index contributed by atoms with van der Waals surface area (Å²) in [4.78, 5) is 41.5. The number of phenols is 1. The normalized spacial score (nSPS) is 18.5. The lowest BCUT2D eigenvalue weighted by Crippen LogP contribution is -2.52. The Balaban J connectivity index is 1.98. The summed E-state index contributed by atoms with van der Waals surface area (Å²) in [7, 11) is 0. The van der Waals surface area contributed by atoms with E-state index >= 15 is 0 Å². The SMILES string of the molecule is Cc1cc(C(C(=O)Nc2ccccc2C)N(C(=O)C(C)NC(=O)OC(C)(C)C)C2CC2C)ccc1O. The summed E-state index contributed by atoms with van der Waals surface area (Å²) in [6, 6.07) is 10.3. The molecule has 1 fully saturated rings. The van der Waals surface area contributed by atoms with Crippen LogP contribution in [0, 0.1) is 19.8 Å². The van der Waals surface area contributed by atoms with Gasteiger partial charge in [0.1, 0.15) is 23.4 Å². The van der Waals surface area contributed by atoms with Gasteiger partial charge in [-0.05, 0) is 88.8 Å². The third-order valence-electron chi connectivity index (χ3n) is 6.25. The summed E-state index contributed by atoms with van der Waals surface area (Å²) in [5.74, 6) is -0.443. The number of anilines is 1. The highest BCUT2D eigenvalue weighted by Gasteiger charge is 2.47. The summed E-state index contributed by atoms with van der Waals surface area (Å²) in [5.41, 5.74) is 2.01. The predicted octanol–water partition coefficient (Wildman–Crippen LogP) is 4.84. The molecule has 1 saturated carbocycles. The maximum atomic E-state index is 13.8.